The molecule has 7 nitrogen and oxygen atoms in total. The van der Waals surface area contributed by atoms with Gasteiger partial charge in [0.25, 0.3) is 16.0 Å². The Morgan fingerprint density at radius 1 is 0.917 bits per heavy atom. The summed E-state index contributed by atoms with van der Waals surface area (Å²) >= 11 is 0. The molecular formula is C16H29NO6S. The van der Waals surface area contributed by atoms with Crippen molar-refractivity contribution in [3.8, 4) is 0 Å². The van der Waals surface area contributed by atoms with Crippen LogP contribution in [0.5, 0.6) is 0 Å². The van der Waals surface area contributed by atoms with Gasteiger partial charge in [-0.2, -0.15) is 8.42 Å². The van der Waals surface area contributed by atoms with Gasteiger partial charge >= 0.3 is 5.97 Å². The first-order valence-corrected chi connectivity index (χ1v) is 9.93. The number of hydrogen-bond donors (Lipinski definition) is 3. The summed E-state index contributed by atoms with van der Waals surface area (Å²) in [6.07, 6.45) is 11.5. The zero-order chi connectivity index (χ0) is 18.4. The summed E-state index contributed by atoms with van der Waals surface area (Å²) in [6, 6.07) is 0. The number of carboxylic acids is 1. The zero-order valence-corrected chi connectivity index (χ0v) is 15.1. The van der Waals surface area contributed by atoms with Crippen molar-refractivity contribution in [1.82, 2.24) is 5.32 Å². The van der Waals surface area contributed by atoms with Gasteiger partial charge < -0.3 is 10.4 Å². The van der Waals surface area contributed by atoms with E-state index in [2.05, 4.69) is 12.2 Å². The summed E-state index contributed by atoms with van der Waals surface area (Å²) < 4.78 is 30.8. The third-order valence-corrected chi connectivity index (χ3v) is 4.43. The van der Waals surface area contributed by atoms with Crippen LogP contribution in [0.15, 0.2) is 11.0 Å². The van der Waals surface area contributed by atoms with Gasteiger partial charge in [-0.1, -0.05) is 64.7 Å². The van der Waals surface area contributed by atoms with Crippen molar-refractivity contribution >= 4 is 22.0 Å². The standard InChI is InChI=1S/C16H29NO6S/c1-2-3-4-5-6-7-8-9-10-11-12-17-16(20)14(13-15(18)19)24(21,22)23/h13H,2-12H2,1H3,(H,17,20)(H,18,19)(H,21,22,23)/b14-13-. The van der Waals surface area contributed by atoms with Crippen LogP contribution in [-0.2, 0) is 19.7 Å². The molecule has 0 unspecified atom stereocenters. The maximum Gasteiger partial charge on any atom is 0.329 e. The highest BCUT2D eigenvalue weighted by Crippen LogP contribution is 2.10. The molecule has 0 radical (unpaired) electrons. The van der Waals surface area contributed by atoms with Crippen LogP contribution in [0.4, 0.5) is 0 Å². The summed E-state index contributed by atoms with van der Waals surface area (Å²) in [6.45, 7) is 2.43. The minimum Gasteiger partial charge on any atom is -0.478 e. The Morgan fingerprint density at radius 2 is 1.38 bits per heavy atom. The molecule has 0 bridgehead atoms. The van der Waals surface area contributed by atoms with Gasteiger partial charge in [0, 0.05) is 12.6 Å². The minimum absolute atomic E-state index is 0.184. The molecule has 0 aromatic carbocycles. The molecule has 24 heavy (non-hydrogen) atoms. The van der Waals surface area contributed by atoms with Crippen molar-refractivity contribution < 1.29 is 27.7 Å². The van der Waals surface area contributed by atoms with Crippen LogP contribution in [0.25, 0.3) is 0 Å². The van der Waals surface area contributed by atoms with E-state index >= 15 is 0 Å². The van der Waals surface area contributed by atoms with Crippen LogP contribution >= 0.6 is 0 Å². The molecule has 0 aliphatic rings. The lowest BCUT2D eigenvalue weighted by atomic mass is 10.1. The molecule has 0 rings (SSSR count). The topological polar surface area (TPSA) is 121 Å². The van der Waals surface area contributed by atoms with E-state index in [9.17, 15) is 18.0 Å². The molecule has 140 valence electrons. The van der Waals surface area contributed by atoms with Crippen molar-refractivity contribution in [3.05, 3.63) is 11.0 Å². The van der Waals surface area contributed by atoms with E-state index in [1.54, 1.807) is 0 Å². The number of hydrogen-bond acceptors (Lipinski definition) is 4. The first-order valence-electron chi connectivity index (χ1n) is 8.49. The molecule has 0 atom stereocenters. The second-order valence-corrected chi connectivity index (χ2v) is 7.15. The van der Waals surface area contributed by atoms with E-state index in [0.29, 0.717) is 6.42 Å². The Balaban J connectivity index is 3.84. The molecular weight excluding hydrogens is 334 g/mol. The minimum atomic E-state index is -4.86. The van der Waals surface area contributed by atoms with Crippen molar-refractivity contribution in [1.29, 1.82) is 0 Å². The summed E-state index contributed by atoms with van der Waals surface area (Å²) in [5.41, 5.74) is 0. The van der Waals surface area contributed by atoms with Crippen LogP contribution in [-0.4, -0.2) is 36.5 Å². The van der Waals surface area contributed by atoms with Gasteiger partial charge in [-0.05, 0) is 6.42 Å². The fraction of sp³-hybridized carbons (Fsp3) is 0.750. The Morgan fingerprint density at radius 3 is 1.79 bits per heavy atom. The first-order chi connectivity index (χ1) is 11.3. The molecule has 0 spiro atoms. The van der Waals surface area contributed by atoms with E-state index in [1.165, 1.54) is 38.5 Å². The molecule has 0 saturated heterocycles. The van der Waals surface area contributed by atoms with Gasteiger partial charge in [0.15, 0.2) is 4.91 Å². The fourth-order valence-corrected chi connectivity index (χ4v) is 2.83. The van der Waals surface area contributed by atoms with Gasteiger partial charge in [-0.25, -0.2) is 4.79 Å². The number of rotatable bonds is 14. The second-order valence-electron chi connectivity index (χ2n) is 5.76. The molecule has 0 aromatic heterocycles. The lowest BCUT2D eigenvalue weighted by Crippen LogP contribution is -2.29. The van der Waals surface area contributed by atoms with Gasteiger partial charge in [-0.3, -0.25) is 9.35 Å². The van der Waals surface area contributed by atoms with Crippen LogP contribution in [0.2, 0.25) is 0 Å². The highest BCUT2D eigenvalue weighted by atomic mass is 32.2. The lowest BCUT2D eigenvalue weighted by Gasteiger charge is -2.06. The van der Waals surface area contributed by atoms with Crippen molar-refractivity contribution in [2.75, 3.05) is 6.54 Å². The smallest absolute Gasteiger partial charge is 0.329 e. The third kappa shape index (κ3) is 12.1. The molecule has 0 aliphatic carbocycles. The van der Waals surface area contributed by atoms with Gasteiger partial charge in [0.05, 0.1) is 0 Å². The zero-order valence-electron chi connectivity index (χ0n) is 14.3. The normalized spacial score (nSPS) is 12.2. The maximum atomic E-state index is 11.6. The highest BCUT2D eigenvalue weighted by molar-refractivity contribution is 7.90. The number of nitrogens with one attached hydrogen (secondary N) is 1. The quantitative estimate of drug-likeness (QED) is 0.248. The average molecular weight is 363 g/mol. The van der Waals surface area contributed by atoms with Crippen molar-refractivity contribution in [2.24, 2.45) is 0 Å². The summed E-state index contributed by atoms with van der Waals surface area (Å²) in [5, 5.41) is 10.8. The lowest BCUT2D eigenvalue weighted by molar-refractivity contribution is -0.131. The largest absolute Gasteiger partial charge is 0.478 e. The fourth-order valence-electron chi connectivity index (χ4n) is 2.27. The maximum absolute atomic E-state index is 11.6. The van der Waals surface area contributed by atoms with Crippen LogP contribution < -0.4 is 5.32 Å². The Bertz CT molecular complexity index is 513. The molecule has 0 fully saturated rings. The summed E-state index contributed by atoms with van der Waals surface area (Å²) in [5.74, 6) is -2.72. The average Bonchev–Trinajstić information content (AvgIpc) is 2.48. The van der Waals surface area contributed by atoms with E-state index < -0.39 is 26.9 Å². The molecule has 0 aromatic rings. The molecule has 8 heteroatoms. The molecule has 0 saturated carbocycles. The SMILES string of the molecule is CCCCCCCCCCCCNC(=O)/C(=C/C(=O)O)S(=O)(=O)O. The van der Waals surface area contributed by atoms with Gasteiger partial charge in [-0.15, -0.1) is 0 Å². The number of amides is 1. The molecule has 0 heterocycles. The molecule has 1 amide bonds. The predicted molar refractivity (Wildman–Crippen MR) is 92.1 cm³/mol. The van der Waals surface area contributed by atoms with E-state index in [0.717, 1.165) is 19.3 Å². The summed E-state index contributed by atoms with van der Waals surface area (Å²) in [4.78, 5) is 20.9. The monoisotopic (exact) mass is 363 g/mol. The van der Waals surface area contributed by atoms with Gasteiger partial charge in [0.1, 0.15) is 0 Å². The van der Waals surface area contributed by atoms with E-state index in [1.807, 2.05) is 0 Å². The second kappa shape index (κ2) is 12.9. The molecule has 0 aliphatic heterocycles. The van der Waals surface area contributed by atoms with E-state index in [4.69, 9.17) is 9.66 Å². The van der Waals surface area contributed by atoms with Crippen LogP contribution in [0, 0.1) is 0 Å². The highest BCUT2D eigenvalue weighted by Gasteiger charge is 2.23. The van der Waals surface area contributed by atoms with Crippen LogP contribution in [0.3, 0.4) is 0 Å². The van der Waals surface area contributed by atoms with Crippen molar-refractivity contribution in [2.45, 2.75) is 71.1 Å². The number of aliphatic carboxylic acids is 1. The Hall–Kier alpha value is -1.41. The summed E-state index contributed by atoms with van der Waals surface area (Å²) in [7, 11) is -4.86. The predicted octanol–water partition coefficient (Wildman–Crippen LogP) is 2.88. The Kier molecular flexibility index (Phi) is 12.2. The number of unbranched alkanes of at least 4 members (excludes halogenated alkanes) is 9. The van der Waals surface area contributed by atoms with Crippen molar-refractivity contribution in [3.63, 3.8) is 0 Å². The third-order valence-electron chi connectivity index (χ3n) is 3.57. The van der Waals surface area contributed by atoms with Gasteiger partial charge in [0.2, 0.25) is 0 Å². The number of carboxylic acid groups (broad SMARTS) is 1. The Labute approximate surface area is 144 Å². The first kappa shape index (κ1) is 22.6. The van der Waals surface area contributed by atoms with E-state index in [-0.39, 0.29) is 12.6 Å². The van der Waals surface area contributed by atoms with Crippen LogP contribution in [0.1, 0.15) is 71.1 Å². The number of carbonyl (C=O) groups is 2. The number of carbonyl (C=O) groups excluding carboxylic acids is 1. The molecule has 3 N–H and O–H groups in total.